The van der Waals surface area contributed by atoms with E-state index in [4.69, 9.17) is 16.3 Å². The molecule has 0 radical (unpaired) electrons. The van der Waals surface area contributed by atoms with Crippen molar-refractivity contribution in [3.8, 4) is 0 Å². The highest BCUT2D eigenvalue weighted by atomic mass is 35.5. The molecular weight excluding hydrogens is 267 g/mol. The third kappa shape index (κ3) is 2.13. The lowest BCUT2D eigenvalue weighted by Crippen LogP contribution is -2.32. The summed E-state index contributed by atoms with van der Waals surface area (Å²) in [5.74, 6) is 1.15. The van der Waals surface area contributed by atoms with E-state index in [1.807, 2.05) is 0 Å². The van der Waals surface area contributed by atoms with Crippen LogP contribution in [0.25, 0.3) is 11.0 Å². The van der Waals surface area contributed by atoms with E-state index in [0.717, 1.165) is 24.4 Å². The SMILES string of the molecule is CC1(n2c(CCCl)nc3cc(F)ccc32)CCOC1. The second-order valence-electron chi connectivity index (χ2n) is 5.23. The van der Waals surface area contributed by atoms with Gasteiger partial charge in [-0.2, -0.15) is 0 Å². The third-order valence-electron chi connectivity index (χ3n) is 3.74. The molecule has 3 rings (SSSR count). The molecule has 2 heterocycles. The lowest BCUT2D eigenvalue weighted by molar-refractivity contribution is 0.162. The Morgan fingerprint density at radius 2 is 2.37 bits per heavy atom. The van der Waals surface area contributed by atoms with E-state index < -0.39 is 0 Å². The highest BCUT2D eigenvalue weighted by Gasteiger charge is 2.34. The summed E-state index contributed by atoms with van der Waals surface area (Å²) in [6.07, 6.45) is 1.61. The van der Waals surface area contributed by atoms with Crippen LogP contribution in [0.1, 0.15) is 19.2 Å². The summed E-state index contributed by atoms with van der Waals surface area (Å²) in [5.41, 5.74) is 1.52. The van der Waals surface area contributed by atoms with Gasteiger partial charge in [0.1, 0.15) is 11.6 Å². The van der Waals surface area contributed by atoms with Gasteiger partial charge in [-0.25, -0.2) is 9.37 Å². The molecule has 0 aliphatic carbocycles. The zero-order valence-corrected chi connectivity index (χ0v) is 11.6. The first kappa shape index (κ1) is 12.9. The van der Waals surface area contributed by atoms with Crippen molar-refractivity contribution >= 4 is 22.6 Å². The topological polar surface area (TPSA) is 27.1 Å². The molecule has 0 bridgehead atoms. The van der Waals surface area contributed by atoms with Gasteiger partial charge in [0.15, 0.2) is 0 Å². The van der Waals surface area contributed by atoms with Gasteiger partial charge in [-0.3, -0.25) is 0 Å². The first-order chi connectivity index (χ1) is 9.14. The Kier molecular flexibility index (Phi) is 3.23. The molecule has 1 unspecified atom stereocenters. The molecule has 2 aromatic rings. The maximum Gasteiger partial charge on any atom is 0.125 e. The van der Waals surface area contributed by atoms with Crippen molar-refractivity contribution in [2.24, 2.45) is 0 Å². The lowest BCUT2D eigenvalue weighted by atomic mass is 10.0. The Labute approximate surface area is 116 Å². The first-order valence-electron chi connectivity index (χ1n) is 6.45. The maximum absolute atomic E-state index is 13.3. The second-order valence-corrected chi connectivity index (χ2v) is 5.61. The molecule has 0 amide bonds. The standard InChI is InChI=1S/C14H16ClFN2O/c1-14(5-7-19-9-14)18-12-3-2-10(16)8-11(12)17-13(18)4-6-15/h2-3,8H,4-7,9H2,1H3. The Hall–Kier alpha value is -1.13. The molecule has 5 heteroatoms. The van der Waals surface area contributed by atoms with Gasteiger partial charge < -0.3 is 9.30 Å². The second kappa shape index (κ2) is 4.76. The zero-order chi connectivity index (χ0) is 13.5. The van der Waals surface area contributed by atoms with Crippen LogP contribution in [0.5, 0.6) is 0 Å². The van der Waals surface area contributed by atoms with Crippen LogP contribution in [0.4, 0.5) is 4.39 Å². The van der Waals surface area contributed by atoms with Gasteiger partial charge >= 0.3 is 0 Å². The molecule has 1 saturated heterocycles. The van der Waals surface area contributed by atoms with Crippen molar-refractivity contribution in [2.75, 3.05) is 19.1 Å². The first-order valence-corrected chi connectivity index (χ1v) is 6.98. The summed E-state index contributed by atoms with van der Waals surface area (Å²) in [7, 11) is 0. The van der Waals surface area contributed by atoms with Gasteiger partial charge in [0.2, 0.25) is 0 Å². The average Bonchev–Trinajstić information content (AvgIpc) is 2.93. The highest BCUT2D eigenvalue weighted by Crippen LogP contribution is 2.32. The number of fused-ring (bicyclic) bond motifs is 1. The van der Waals surface area contributed by atoms with Crippen LogP contribution >= 0.6 is 11.6 Å². The molecule has 1 fully saturated rings. The van der Waals surface area contributed by atoms with E-state index in [9.17, 15) is 4.39 Å². The number of hydrogen-bond donors (Lipinski definition) is 0. The van der Waals surface area contributed by atoms with Crippen LogP contribution in [0, 0.1) is 5.82 Å². The minimum Gasteiger partial charge on any atom is -0.379 e. The number of hydrogen-bond acceptors (Lipinski definition) is 2. The van der Waals surface area contributed by atoms with E-state index in [-0.39, 0.29) is 11.4 Å². The summed E-state index contributed by atoms with van der Waals surface area (Å²) in [6, 6.07) is 4.74. The van der Waals surface area contributed by atoms with Crippen molar-refractivity contribution in [3.05, 3.63) is 29.8 Å². The number of benzene rings is 1. The van der Waals surface area contributed by atoms with E-state index >= 15 is 0 Å². The maximum atomic E-state index is 13.3. The molecule has 3 nitrogen and oxygen atoms in total. The van der Waals surface area contributed by atoms with Gasteiger partial charge in [0.05, 0.1) is 23.2 Å². The molecular formula is C14H16ClFN2O. The predicted octanol–water partition coefficient (Wildman–Crippen LogP) is 3.09. The van der Waals surface area contributed by atoms with Crippen molar-refractivity contribution in [2.45, 2.75) is 25.3 Å². The molecule has 19 heavy (non-hydrogen) atoms. The Bertz CT molecular complexity index is 605. The Balaban J connectivity index is 2.21. The fraction of sp³-hybridized carbons (Fsp3) is 0.500. The normalized spacial score (nSPS) is 23.3. The largest absolute Gasteiger partial charge is 0.379 e. The van der Waals surface area contributed by atoms with Crippen LogP contribution in [-0.2, 0) is 16.7 Å². The van der Waals surface area contributed by atoms with Crippen molar-refractivity contribution in [1.29, 1.82) is 0 Å². The number of halogens is 2. The lowest BCUT2D eigenvalue weighted by Gasteiger charge is -2.27. The van der Waals surface area contributed by atoms with E-state index in [1.165, 1.54) is 12.1 Å². The minimum absolute atomic E-state index is 0.117. The molecule has 0 saturated carbocycles. The Morgan fingerprint density at radius 3 is 3.05 bits per heavy atom. The zero-order valence-electron chi connectivity index (χ0n) is 10.8. The van der Waals surface area contributed by atoms with Gasteiger partial charge in [0, 0.05) is 25.0 Å². The number of nitrogens with zero attached hydrogens (tertiary/aromatic N) is 2. The average molecular weight is 283 g/mol. The van der Waals surface area contributed by atoms with E-state index in [2.05, 4.69) is 16.5 Å². The van der Waals surface area contributed by atoms with Gasteiger partial charge in [-0.1, -0.05) is 0 Å². The van der Waals surface area contributed by atoms with Gasteiger partial charge in [-0.05, 0) is 25.5 Å². The molecule has 1 aromatic heterocycles. The highest BCUT2D eigenvalue weighted by molar-refractivity contribution is 6.17. The smallest absolute Gasteiger partial charge is 0.125 e. The molecule has 1 aliphatic heterocycles. The van der Waals surface area contributed by atoms with Crippen molar-refractivity contribution < 1.29 is 9.13 Å². The minimum atomic E-state index is -0.262. The van der Waals surface area contributed by atoms with Crippen molar-refractivity contribution in [1.82, 2.24) is 9.55 Å². The molecule has 1 atom stereocenters. The van der Waals surface area contributed by atoms with Crippen LogP contribution in [0.3, 0.4) is 0 Å². The third-order valence-corrected chi connectivity index (χ3v) is 3.93. The number of alkyl halides is 1. The number of imidazole rings is 1. The van der Waals surface area contributed by atoms with Gasteiger partial charge in [0.25, 0.3) is 0 Å². The van der Waals surface area contributed by atoms with Crippen LogP contribution in [-0.4, -0.2) is 28.6 Å². The van der Waals surface area contributed by atoms with E-state index in [0.29, 0.717) is 24.4 Å². The number of ether oxygens (including phenoxy) is 1. The fourth-order valence-electron chi connectivity index (χ4n) is 2.79. The monoisotopic (exact) mass is 282 g/mol. The van der Waals surface area contributed by atoms with Crippen molar-refractivity contribution in [3.63, 3.8) is 0 Å². The van der Waals surface area contributed by atoms with Gasteiger partial charge in [-0.15, -0.1) is 11.6 Å². The summed E-state index contributed by atoms with van der Waals surface area (Å²) in [6.45, 7) is 3.56. The summed E-state index contributed by atoms with van der Waals surface area (Å²) in [4.78, 5) is 4.54. The molecule has 0 spiro atoms. The number of rotatable bonds is 3. The Morgan fingerprint density at radius 1 is 1.53 bits per heavy atom. The number of aromatic nitrogens is 2. The predicted molar refractivity (Wildman–Crippen MR) is 73.2 cm³/mol. The number of aryl methyl sites for hydroxylation is 1. The van der Waals surface area contributed by atoms with Crippen LogP contribution in [0.2, 0.25) is 0 Å². The summed E-state index contributed by atoms with van der Waals surface area (Å²) >= 11 is 5.86. The molecule has 1 aromatic carbocycles. The van der Waals surface area contributed by atoms with E-state index in [1.54, 1.807) is 6.07 Å². The molecule has 0 N–H and O–H groups in total. The molecule has 1 aliphatic rings. The van der Waals surface area contributed by atoms with Crippen LogP contribution < -0.4 is 0 Å². The van der Waals surface area contributed by atoms with Crippen LogP contribution in [0.15, 0.2) is 18.2 Å². The quantitative estimate of drug-likeness (QED) is 0.809. The summed E-state index contributed by atoms with van der Waals surface area (Å²) in [5, 5.41) is 0. The molecule has 102 valence electrons. The summed E-state index contributed by atoms with van der Waals surface area (Å²) < 4.78 is 21.0. The fourth-order valence-corrected chi connectivity index (χ4v) is 2.96.